The first-order valence-corrected chi connectivity index (χ1v) is 6.60. The van der Waals surface area contributed by atoms with Gasteiger partial charge < -0.3 is 15.1 Å². The number of carbonyl (C=O) groups is 1. The molecular formula is C14H16ClN3O2. The van der Waals surface area contributed by atoms with E-state index in [2.05, 4.69) is 15.6 Å². The number of hydrogen-bond donors (Lipinski definition) is 2. The van der Waals surface area contributed by atoms with E-state index < -0.39 is 0 Å². The van der Waals surface area contributed by atoms with E-state index in [9.17, 15) is 4.79 Å². The highest BCUT2D eigenvalue weighted by molar-refractivity contribution is 6.32. The van der Waals surface area contributed by atoms with Crippen LogP contribution in [0.15, 0.2) is 28.8 Å². The Morgan fingerprint density at radius 2 is 2.20 bits per heavy atom. The van der Waals surface area contributed by atoms with Gasteiger partial charge in [-0.3, -0.25) is 0 Å². The first-order chi connectivity index (χ1) is 9.47. The molecule has 0 aliphatic rings. The van der Waals surface area contributed by atoms with Crippen molar-refractivity contribution in [3.05, 3.63) is 46.6 Å². The Balaban J connectivity index is 2.01. The monoisotopic (exact) mass is 293 g/mol. The highest BCUT2D eigenvalue weighted by atomic mass is 35.5. The van der Waals surface area contributed by atoms with Gasteiger partial charge in [0.25, 0.3) is 0 Å². The molecule has 0 aliphatic heterocycles. The Morgan fingerprint density at radius 1 is 1.45 bits per heavy atom. The molecule has 2 aromatic heterocycles. The minimum absolute atomic E-state index is 0.164. The molecule has 2 amide bonds. The molecule has 20 heavy (non-hydrogen) atoms. The third-order valence-electron chi connectivity index (χ3n) is 2.90. The number of furan rings is 1. The third kappa shape index (κ3) is 3.30. The Morgan fingerprint density at radius 3 is 2.80 bits per heavy atom. The van der Waals surface area contributed by atoms with Crippen LogP contribution in [0.1, 0.15) is 30.0 Å². The SMILES string of the molecule is Cc1cc([C@@H](C)NC(=O)Nc2cccnc2Cl)c(C)o1. The third-order valence-corrected chi connectivity index (χ3v) is 3.20. The van der Waals surface area contributed by atoms with Gasteiger partial charge in [-0.1, -0.05) is 11.6 Å². The van der Waals surface area contributed by atoms with Gasteiger partial charge in [0.2, 0.25) is 0 Å². The van der Waals surface area contributed by atoms with Crippen LogP contribution in [0.25, 0.3) is 0 Å². The number of hydrogen-bond acceptors (Lipinski definition) is 3. The maximum Gasteiger partial charge on any atom is 0.319 e. The minimum Gasteiger partial charge on any atom is -0.466 e. The molecule has 5 nitrogen and oxygen atoms in total. The topological polar surface area (TPSA) is 67.2 Å². The zero-order chi connectivity index (χ0) is 14.7. The number of aromatic nitrogens is 1. The van der Waals surface area contributed by atoms with Gasteiger partial charge in [-0.2, -0.15) is 0 Å². The van der Waals surface area contributed by atoms with E-state index in [1.54, 1.807) is 18.3 Å². The lowest BCUT2D eigenvalue weighted by atomic mass is 10.1. The van der Waals surface area contributed by atoms with Crippen LogP contribution < -0.4 is 10.6 Å². The fourth-order valence-electron chi connectivity index (χ4n) is 1.99. The van der Waals surface area contributed by atoms with Crippen LogP contribution in [-0.2, 0) is 0 Å². The second-order valence-corrected chi connectivity index (χ2v) is 4.89. The summed E-state index contributed by atoms with van der Waals surface area (Å²) < 4.78 is 5.45. The van der Waals surface area contributed by atoms with Crippen LogP contribution in [0.3, 0.4) is 0 Å². The lowest BCUT2D eigenvalue weighted by molar-refractivity contribution is 0.249. The highest BCUT2D eigenvalue weighted by Crippen LogP contribution is 2.22. The average Bonchev–Trinajstić information content (AvgIpc) is 2.71. The summed E-state index contributed by atoms with van der Waals surface area (Å²) in [7, 11) is 0. The number of amides is 2. The number of rotatable bonds is 3. The van der Waals surface area contributed by atoms with Crippen molar-refractivity contribution in [1.29, 1.82) is 0 Å². The number of urea groups is 1. The second kappa shape index (κ2) is 5.96. The molecule has 0 saturated heterocycles. The molecule has 2 heterocycles. The Labute approximate surface area is 122 Å². The molecule has 0 aliphatic carbocycles. The van der Waals surface area contributed by atoms with Crippen molar-refractivity contribution in [3.63, 3.8) is 0 Å². The molecule has 0 radical (unpaired) electrons. The van der Waals surface area contributed by atoms with Crippen molar-refractivity contribution >= 4 is 23.3 Å². The molecule has 0 aromatic carbocycles. The molecule has 0 bridgehead atoms. The standard InChI is InChI=1S/C14H16ClN3O2/c1-8-7-11(10(3)20-8)9(2)17-14(19)18-12-5-4-6-16-13(12)15/h4-7,9H,1-3H3,(H2,17,18,19)/t9-/m1/s1. The van der Waals surface area contributed by atoms with Gasteiger partial charge in [-0.15, -0.1) is 0 Å². The summed E-state index contributed by atoms with van der Waals surface area (Å²) in [4.78, 5) is 15.8. The van der Waals surface area contributed by atoms with Gasteiger partial charge in [0, 0.05) is 11.8 Å². The van der Waals surface area contributed by atoms with E-state index in [1.165, 1.54) is 0 Å². The van der Waals surface area contributed by atoms with E-state index in [0.29, 0.717) is 5.69 Å². The van der Waals surface area contributed by atoms with Crippen LogP contribution in [0.2, 0.25) is 5.15 Å². The number of nitrogens with zero attached hydrogens (tertiary/aromatic N) is 1. The molecule has 0 fully saturated rings. The van der Waals surface area contributed by atoms with Crippen molar-refractivity contribution in [2.45, 2.75) is 26.8 Å². The molecular weight excluding hydrogens is 278 g/mol. The summed E-state index contributed by atoms with van der Waals surface area (Å²) >= 11 is 5.88. The van der Waals surface area contributed by atoms with E-state index in [1.807, 2.05) is 26.8 Å². The van der Waals surface area contributed by atoms with E-state index in [0.717, 1.165) is 17.1 Å². The number of pyridine rings is 1. The molecule has 106 valence electrons. The summed E-state index contributed by atoms with van der Waals surface area (Å²) in [6.07, 6.45) is 1.56. The van der Waals surface area contributed by atoms with Crippen molar-refractivity contribution in [2.24, 2.45) is 0 Å². The molecule has 0 spiro atoms. The first-order valence-electron chi connectivity index (χ1n) is 6.22. The summed E-state index contributed by atoms with van der Waals surface area (Å²) in [5, 5.41) is 5.75. The fraction of sp³-hybridized carbons (Fsp3) is 0.286. The first kappa shape index (κ1) is 14.4. The smallest absolute Gasteiger partial charge is 0.319 e. The van der Waals surface area contributed by atoms with Gasteiger partial charge in [0.15, 0.2) is 5.15 Å². The number of carbonyl (C=O) groups excluding carboxylic acids is 1. The molecule has 6 heteroatoms. The zero-order valence-electron chi connectivity index (χ0n) is 11.5. The second-order valence-electron chi connectivity index (χ2n) is 4.53. The van der Waals surface area contributed by atoms with Gasteiger partial charge in [0.05, 0.1) is 11.7 Å². The zero-order valence-corrected chi connectivity index (χ0v) is 12.3. The summed E-state index contributed by atoms with van der Waals surface area (Å²) in [6.45, 7) is 5.64. The van der Waals surface area contributed by atoms with Crippen molar-refractivity contribution in [3.8, 4) is 0 Å². The predicted octanol–water partition coefficient (Wildman–Crippen LogP) is 3.83. The quantitative estimate of drug-likeness (QED) is 0.845. The minimum atomic E-state index is -0.342. The van der Waals surface area contributed by atoms with Crippen molar-refractivity contribution in [2.75, 3.05) is 5.32 Å². The van der Waals surface area contributed by atoms with E-state index in [4.69, 9.17) is 16.0 Å². The van der Waals surface area contributed by atoms with Crippen LogP contribution in [0.5, 0.6) is 0 Å². The van der Waals surface area contributed by atoms with E-state index in [-0.39, 0.29) is 17.2 Å². The fourth-order valence-corrected chi connectivity index (χ4v) is 2.16. The van der Waals surface area contributed by atoms with Gasteiger partial charge in [-0.05, 0) is 39.0 Å². The molecule has 0 saturated carbocycles. The number of aryl methyl sites for hydroxylation is 2. The number of halogens is 1. The number of nitrogens with one attached hydrogen (secondary N) is 2. The van der Waals surface area contributed by atoms with Crippen LogP contribution >= 0.6 is 11.6 Å². The lowest BCUT2D eigenvalue weighted by Gasteiger charge is -2.14. The van der Waals surface area contributed by atoms with Crippen LogP contribution in [-0.4, -0.2) is 11.0 Å². The Kier molecular flexibility index (Phi) is 4.29. The molecule has 0 unspecified atom stereocenters. The largest absolute Gasteiger partial charge is 0.466 e. The Hall–Kier alpha value is -2.01. The molecule has 2 N–H and O–H groups in total. The average molecular weight is 294 g/mol. The molecule has 2 rings (SSSR count). The predicted molar refractivity (Wildman–Crippen MR) is 78.0 cm³/mol. The van der Waals surface area contributed by atoms with Gasteiger partial charge in [0.1, 0.15) is 11.5 Å². The molecule has 1 atom stereocenters. The summed E-state index contributed by atoms with van der Waals surface area (Å²) in [5.41, 5.74) is 1.42. The molecule has 2 aromatic rings. The van der Waals surface area contributed by atoms with Gasteiger partial charge >= 0.3 is 6.03 Å². The highest BCUT2D eigenvalue weighted by Gasteiger charge is 2.15. The number of anilines is 1. The summed E-state index contributed by atoms with van der Waals surface area (Å²) in [6, 6.07) is 4.80. The van der Waals surface area contributed by atoms with Crippen LogP contribution in [0.4, 0.5) is 10.5 Å². The maximum absolute atomic E-state index is 11.9. The Bertz CT molecular complexity index is 625. The van der Waals surface area contributed by atoms with Crippen LogP contribution in [0, 0.1) is 13.8 Å². The lowest BCUT2D eigenvalue weighted by Crippen LogP contribution is -2.31. The van der Waals surface area contributed by atoms with E-state index >= 15 is 0 Å². The maximum atomic E-state index is 11.9. The van der Waals surface area contributed by atoms with Crippen molar-refractivity contribution in [1.82, 2.24) is 10.3 Å². The normalized spacial score (nSPS) is 12.0. The van der Waals surface area contributed by atoms with Crippen molar-refractivity contribution < 1.29 is 9.21 Å². The van der Waals surface area contributed by atoms with Gasteiger partial charge in [-0.25, -0.2) is 9.78 Å². The summed E-state index contributed by atoms with van der Waals surface area (Å²) in [5.74, 6) is 1.62.